The van der Waals surface area contributed by atoms with Gasteiger partial charge in [-0.2, -0.15) is 0 Å². The zero-order chi connectivity index (χ0) is 20.9. The van der Waals surface area contributed by atoms with Gasteiger partial charge in [0.1, 0.15) is 0 Å². The van der Waals surface area contributed by atoms with E-state index in [2.05, 4.69) is 10.6 Å². The lowest BCUT2D eigenvalue weighted by Gasteiger charge is -2.30. The molecule has 0 spiro atoms. The molecule has 1 fully saturated rings. The molecule has 7 nitrogen and oxygen atoms in total. The third-order valence-corrected chi connectivity index (χ3v) is 5.62. The topological polar surface area (TPSA) is 101 Å². The van der Waals surface area contributed by atoms with Gasteiger partial charge in [-0.3, -0.25) is 19.7 Å². The molecule has 3 rings (SSSR count). The Labute approximate surface area is 173 Å². The van der Waals surface area contributed by atoms with Crippen LogP contribution in [0.5, 0.6) is 0 Å². The summed E-state index contributed by atoms with van der Waals surface area (Å²) in [6.07, 6.45) is 4.16. The van der Waals surface area contributed by atoms with E-state index in [1.165, 1.54) is 24.3 Å². The number of benzene rings is 2. The zero-order valence-electron chi connectivity index (χ0n) is 15.8. The van der Waals surface area contributed by atoms with Crippen LogP contribution in [0.2, 0.25) is 5.02 Å². The minimum absolute atomic E-state index is 0.121. The Kier molecular flexibility index (Phi) is 6.49. The second kappa shape index (κ2) is 9.05. The van der Waals surface area contributed by atoms with E-state index in [1.807, 2.05) is 24.3 Å². The molecule has 0 atom stereocenters. The van der Waals surface area contributed by atoms with Crippen LogP contribution in [0.4, 0.5) is 5.69 Å². The first kappa shape index (κ1) is 20.8. The number of hydrogen-bond donors (Lipinski definition) is 2. The molecule has 29 heavy (non-hydrogen) atoms. The van der Waals surface area contributed by atoms with Gasteiger partial charge in [-0.1, -0.05) is 42.6 Å². The Morgan fingerprint density at radius 3 is 2.41 bits per heavy atom. The number of rotatable bonds is 7. The molecule has 1 aliphatic carbocycles. The second-order valence-corrected chi connectivity index (χ2v) is 7.70. The molecule has 8 heteroatoms. The zero-order valence-corrected chi connectivity index (χ0v) is 16.6. The highest BCUT2D eigenvalue weighted by Gasteiger charge is 2.35. The van der Waals surface area contributed by atoms with Gasteiger partial charge < -0.3 is 10.6 Å². The monoisotopic (exact) mass is 415 g/mol. The van der Waals surface area contributed by atoms with Gasteiger partial charge in [0, 0.05) is 34.7 Å². The molecule has 2 aromatic carbocycles. The highest BCUT2D eigenvalue weighted by molar-refractivity contribution is 6.30. The maximum absolute atomic E-state index is 12.3. The van der Waals surface area contributed by atoms with Gasteiger partial charge >= 0.3 is 0 Å². The molecule has 0 radical (unpaired) electrons. The van der Waals surface area contributed by atoms with E-state index in [-0.39, 0.29) is 29.1 Å². The summed E-state index contributed by atoms with van der Waals surface area (Å²) in [4.78, 5) is 34.7. The van der Waals surface area contributed by atoms with Crippen molar-refractivity contribution in [1.82, 2.24) is 10.6 Å². The fourth-order valence-electron chi connectivity index (χ4n) is 3.78. The number of halogens is 1. The van der Waals surface area contributed by atoms with E-state index in [4.69, 9.17) is 11.6 Å². The molecular formula is C21H22ClN3O4. The lowest BCUT2D eigenvalue weighted by atomic mass is 9.79. The van der Waals surface area contributed by atoms with Crippen LogP contribution < -0.4 is 10.6 Å². The van der Waals surface area contributed by atoms with Crippen LogP contribution in [0.15, 0.2) is 48.5 Å². The SMILES string of the molecule is O=C(CNC(=O)c1cccc([N+](=O)[O-])c1)NCC1(c2ccc(Cl)cc2)CCCC1. The number of non-ortho nitro benzene ring substituents is 1. The molecule has 0 saturated heterocycles. The summed E-state index contributed by atoms with van der Waals surface area (Å²) in [6.45, 7) is 0.290. The normalized spacial score (nSPS) is 14.9. The van der Waals surface area contributed by atoms with Crippen LogP contribution in [0.1, 0.15) is 41.6 Å². The van der Waals surface area contributed by atoms with Crippen LogP contribution in [0.25, 0.3) is 0 Å². The first-order valence-corrected chi connectivity index (χ1v) is 9.83. The molecule has 0 aliphatic heterocycles. The summed E-state index contributed by atoms with van der Waals surface area (Å²) in [5.41, 5.74) is 0.999. The van der Waals surface area contributed by atoms with Crippen molar-refractivity contribution in [3.05, 3.63) is 74.8 Å². The van der Waals surface area contributed by atoms with Crippen LogP contribution in [-0.2, 0) is 10.2 Å². The average Bonchev–Trinajstić information content (AvgIpc) is 3.21. The predicted molar refractivity (Wildman–Crippen MR) is 110 cm³/mol. The van der Waals surface area contributed by atoms with Crippen molar-refractivity contribution in [1.29, 1.82) is 0 Å². The maximum Gasteiger partial charge on any atom is 0.270 e. The quantitative estimate of drug-likeness (QED) is 0.532. The van der Waals surface area contributed by atoms with Crippen molar-refractivity contribution in [2.75, 3.05) is 13.1 Å². The summed E-state index contributed by atoms with van der Waals surface area (Å²) in [7, 11) is 0. The highest BCUT2D eigenvalue weighted by Crippen LogP contribution is 2.40. The van der Waals surface area contributed by atoms with Gasteiger partial charge in [0.25, 0.3) is 11.6 Å². The molecule has 0 heterocycles. The standard InChI is InChI=1S/C21H22ClN3O4/c22-17-8-6-16(7-9-17)21(10-1-2-11-21)14-24-19(26)13-23-20(27)15-4-3-5-18(12-15)25(28)29/h3-9,12H,1-2,10-11,13-14H2,(H,23,27)(H,24,26). The van der Waals surface area contributed by atoms with E-state index in [1.54, 1.807) is 0 Å². The number of hydrogen-bond acceptors (Lipinski definition) is 4. The van der Waals surface area contributed by atoms with Gasteiger partial charge in [0.2, 0.25) is 5.91 Å². The lowest BCUT2D eigenvalue weighted by Crippen LogP contribution is -2.43. The van der Waals surface area contributed by atoms with Gasteiger partial charge in [-0.05, 0) is 36.6 Å². The van der Waals surface area contributed by atoms with Gasteiger partial charge in [0.15, 0.2) is 0 Å². The number of nitrogens with one attached hydrogen (secondary N) is 2. The fraction of sp³-hybridized carbons (Fsp3) is 0.333. The number of nitro groups is 1. The summed E-state index contributed by atoms with van der Waals surface area (Å²) in [5, 5.41) is 16.9. The molecule has 2 amide bonds. The Morgan fingerprint density at radius 2 is 1.76 bits per heavy atom. The van der Waals surface area contributed by atoms with Crippen molar-refractivity contribution >= 4 is 29.1 Å². The number of amides is 2. The number of carbonyl (C=O) groups excluding carboxylic acids is 2. The van der Waals surface area contributed by atoms with Crippen molar-refractivity contribution in [3.8, 4) is 0 Å². The van der Waals surface area contributed by atoms with Gasteiger partial charge in [-0.25, -0.2) is 0 Å². The number of carbonyl (C=O) groups is 2. The van der Waals surface area contributed by atoms with Crippen molar-refractivity contribution in [3.63, 3.8) is 0 Å². The van der Waals surface area contributed by atoms with E-state index >= 15 is 0 Å². The molecule has 1 aliphatic rings. The Hall–Kier alpha value is -2.93. The van der Waals surface area contributed by atoms with Gasteiger partial charge in [0.05, 0.1) is 11.5 Å². The highest BCUT2D eigenvalue weighted by atomic mass is 35.5. The number of nitrogens with zero attached hydrogens (tertiary/aromatic N) is 1. The maximum atomic E-state index is 12.3. The molecule has 2 aromatic rings. The molecule has 0 bridgehead atoms. The van der Waals surface area contributed by atoms with E-state index in [0.717, 1.165) is 31.2 Å². The van der Waals surface area contributed by atoms with Crippen LogP contribution in [0, 0.1) is 10.1 Å². The second-order valence-electron chi connectivity index (χ2n) is 7.26. The largest absolute Gasteiger partial charge is 0.354 e. The predicted octanol–water partition coefficient (Wildman–Crippen LogP) is 3.61. The lowest BCUT2D eigenvalue weighted by molar-refractivity contribution is -0.384. The molecule has 2 N–H and O–H groups in total. The van der Waals surface area contributed by atoms with Crippen molar-refractivity contribution < 1.29 is 14.5 Å². The summed E-state index contributed by atoms with van der Waals surface area (Å²) < 4.78 is 0. The fourth-order valence-corrected chi connectivity index (χ4v) is 3.90. The van der Waals surface area contributed by atoms with Gasteiger partial charge in [-0.15, -0.1) is 0 Å². The third-order valence-electron chi connectivity index (χ3n) is 5.37. The van der Waals surface area contributed by atoms with Crippen molar-refractivity contribution in [2.24, 2.45) is 0 Å². The summed E-state index contributed by atoms with van der Waals surface area (Å²) >= 11 is 5.99. The molecule has 1 saturated carbocycles. The van der Waals surface area contributed by atoms with E-state index in [0.29, 0.717) is 11.6 Å². The minimum Gasteiger partial charge on any atom is -0.354 e. The minimum atomic E-state index is -0.568. The first-order chi connectivity index (χ1) is 13.9. The molecular weight excluding hydrogens is 394 g/mol. The van der Waals surface area contributed by atoms with Crippen LogP contribution in [0.3, 0.4) is 0 Å². The Balaban J connectivity index is 1.56. The first-order valence-electron chi connectivity index (χ1n) is 9.45. The Bertz CT molecular complexity index is 908. The third kappa shape index (κ3) is 5.12. The summed E-state index contributed by atoms with van der Waals surface area (Å²) in [5.74, 6) is -0.832. The van der Waals surface area contributed by atoms with Crippen LogP contribution in [-0.4, -0.2) is 29.8 Å². The molecule has 0 aromatic heterocycles. The van der Waals surface area contributed by atoms with Crippen molar-refractivity contribution in [2.45, 2.75) is 31.1 Å². The smallest absolute Gasteiger partial charge is 0.270 e. The molecule has 0 unspecified atom stereocenters. The molecule has 152 valence electrons. The summed E-state index contributed by atoms with van der Waals surface area (Å²) in [6, 6.07) is 13.1. The van der Waals surface area contributed by atoms with E-state index < -0.39 is 10.8 Å². The van der Waals surface area contributed by atoms with Crippen LogP contribution >= 0.6 is 11.6 Å². The number of nitro benzene ring substituents is 1. The average molecular weight is 416 g/mol. The van der Waals surface area contributed by atoms with E-state index in [9.17, 15) is 19.7 Å². The Morgan fingerprint density at radius 1 is 1.07 bits per heavy atom.